The van der Waals surface area contributed by atoms with Crippen LogP contribution in [0.2, 0.25) is 0 Å². The fourth-order valence-electron chi connectivity index (χ4n) is 3.42. The molecule has 0 aliphatic carbocycles. The summed E-state index contributed by atoms with van der Waals surface area (Å²) in [5.74, 6) is -2.23. The van der Waals surface area contributed by atoms with E-state index in [-0.39, 0.29) is 12.0 Å². The van der Waals surface area contributed by atoms with Crippen LogP contribution in [0.25, 0.3) is 0 Å². The monoisotopic (exact) mass is 460 g/mol. The zero-order valence-corrected chi connectivity index (χ0v) is 16.9. The van der Waals surface area contributed by atoms with Crippen molar-refractivity contribution < 1.29 is 47.9 Å². The molecule has 5 N–H and O–H groups in total. The van der Waals surface area contributed by atoms with Gasteiger partial charge in [-0.1, -0.05) is 37.6 Å². The SMILES string of the molecule is CCCc1ccc(Cc2c(OC3O[C@H](C(=O)O)[C@@H](O)[C@H](O)[C@H]3O)n[nH]c2C(F)(F)F)cc1. The second-order valence-corrected chi connectivity index (χ2v) is 7.48. The maximum absolute atomic E-state index is 13.5. The molecule has 3 rings (SSSR count). The van der Waals surface area contributed by atoms with Gasteiger partial charge in [0.1, 0.15) is 24.0 Å². The number of nitrogens with zero attached hydrogens (tertiary/aromatic N) is 1. The summed E-state index contributed by atoms with van der Waals surface area (Å²) in [5.41, 5.74) is 0.00219. The van der Waals surface area contributed by atoms with Crippen molar-refractivity contribution in [1.29, 1.82) is 0 Å². The van der Waals surface area contributed by atoms with E-state index in [9.17, 15) is 33.3 Å². The van der Waals surface area contributed by atoms with Gasteiger partial charge >= 0.3 is 12.1 Å². The van der Waals surface area contributed by atoms with E-state index < -0.39 is 54.4 Å². The summed E-state index contributed by atoms with van der Waals surface area (Å²) >= 11 is 0. The van der Waals surface area contributed by atoms with E-state index in [4.69, 9.17) is 14.6 Å². The van der Waals surface area contributed by atoms with Crippen LogP contribution in [0.15, 0.2) is 24.3 Å². The molecule has 2 heterocycles. The van der Waals surface area contributed by atoms with E-state index in [1.807, 2.05) is 12.0 Å². The minimum atomic E-state index is -4.79. The van der Waals surface area contributed by atoms with Gasteiger partial charge in [0.2, 0.25) is 12.2 Å². The molecule has 0 saturated carbocycles. The smallest absolute Gasteiger partial charge is 0.433 e. The van der Waals surface area contributed by atoms with Crippen LogP contribution >= 0.6 is 0 Å². The van der Waals surface area contributed by atoms with Gasteiger partial charge in [0.25, 0.3) is 0 Å². The van der Waals surface area contributed by atoms with Gasteiger partial charge in [0.15, 0.2) is 6.10 Å². The quantitative estimate of drug-likeness (QED) is 0.415. The van der Waals surface area contributed by atoms with Crippen molar-refractivity contribution in [3.63, 3.8) is 0 Å². The molecule has 1 fully saturated rings. The van der Waals surface area contributed by atoms with E-state index >= 15 is 0 Å². The van der Waals surface area contributed by atoms with Crippen molar-refractivity contribution in [3.05, 3.63) is 46.6 Å². The molecule has 0 radical (unpaired) electrons. The molecule has 2 aromatic rings. The highest BCUT2D eigenvalue weighted by atomic mass is 19.4. The number of aliphatic hydroxyl groups is 3. The van der Waals surface area contributed by atoms with Crippen molar-refractivity contribution in [2.24, 2.45) is 0 Å². The normalized spacial score (nSPS) is 26.2. The van der Waals surface area contributed by atoms with Crippen molar-refractivity contribution >= 4 is 5.97 Å². The first-order chi connectivity index (χ1) is 15.0. The van der Waals surface area contributed by atoms with Crippen molar-refractivity contribution in [3.8, 4) is 5.88 Å². The molecule has 1 aromatic heterocycles. The Labute approximate surface area is 180 Å². The van der Waals surface area contributed by atoms with Gasteiger partial charge < -0.3 is 29.9 Å². The van der Waals surface area contributed by atoms with E-state index in [0.717, 1.165) is 18.4 Å². The van der Waals surface area contributed by atoms with Crippen LogP contribution in [0.4, 0.5) is 13.2 Å². The first kappa shape index (κ1) is 24.0. The zero-order valence-electron chi connectivity index (χ0n) is 16.9. The van der Waals surface area contributed by atoms with Gasteiger partial charge in [-0.25, -0.2) is 4.79 Å². The lowest BCUT2D eigenvalue weighted by Crippen LogP contribution is -2.61. The number of nitrogens with one attached hydrogen (secondary N) is 1. The second-order valence-electron chi connectivity index (χ2n) is 7.48. The summed E-state index contributed by atoms with van der Waals surface area (Å²) in [7, 11) is 0. The average molecular weight is 460 g/mol. The molecule has 1 unspecified atom stereocenters. The van der Waals surface area contributed by atoms with Gasteiger partial charge in [0, 0.05) is 6.42 Å². The summed E-state index contributed by atoms with van der Waals surface area (Å²) in [5, 5.41) is 44.2. The molecule has 176 valence electrons. The fourth-order valence-corrected chi connectivity index (χ4v) is 3.42. The Kier molecular flexibility index (Phi) is 7.08. The Hall–Kier alpha value is -2.67. The number of H-pyrrole nitrogens is 1. The molecule has 1 aliphatic rings. The minimum Gasteiger partial charge on any atom is -0.479 e. The van der Waals surface area contributed by atoms with E-state index in [0.29, 0.717) is 5.56 Å². The molecule has 1 saturated heterocycles. The lowest BCUT2D eigenvalue weighted by atomic mass is 9.99. The third-order valence-electron chi connectivity index (χ3n) is 5.10. The molecule has 1 aromatic carbocycles. The Morgan fingerprint density at radius 3 is 2.31 bits per heavy atom. The van der Waals surface area contributed by atoms with Crippen LogP contribution in [0, 0.1) is 0 Å². The largest absolute Gasteiger partial charge is 0.479 e. The number of carboxylic acids is 1. The molecular formula is C20H23F3N2O7. The number of aromatic amines is 1. The number of carboxylic acid groups (broad SMARTS) is 1. The van der Waals surface area contributed by atoms with Crippen molar-refractivity contribution in [2.45, 2.75) is 63.1 Å². The minimum absolute atomic E-state index is 0.233. The molecule has 1 aliphatic heterocycles. The summed E-state index contributed by atoms with van der Waals surface area (Å²) in [6.07, 6.45) is -13.0. The van der Waals surface area contributed by atoms with Crippen LogP contribution < -0.4 is 4.74 Å². The molecule has 0 amide bonds. The highest BCUT2D eigenvalue weighted by molar-refractivity contribution is 5.73. The van der Waals surface area contributed by atoms with Crippen LogP contribution in [-0.4, -0.2) is 67.3 Å². The highest BCUT2D eigenvalue weighted by Gasteiger charge is 2.49. The van der Waals surface area contributed by atoms with Crippen molar-refractivity contribution in [2.75, 3.05) is 0 Å². The van der Waals surface area contributed by atoms with Gasteiger partial charge in [-0.05, 0) is 17.5 Å². The molecule has 0 bridgehead atoms. The predicted molar refractivity (Wildman–Crippen MR) is 102 cm³/mol. The number of hydrogen-bond donors (Lipinski definition) is 5. The molecule has 0 spiro atoms. The Bertz CT molecular complexity index is 932. The van der Waals surface area contributed by atoms with Gasteiger partial charge in [-0.3, -0.25) is 5.10 Å². The summed E-state index contributed by atoms with van der Waals surface area (Å²) < 4.78 is 50.8. The summed E-state index contributed by atoms with van der Waals surface area (Å²) in [6, 6.07) is 6.95. The number of ether oxygens (including phenoxy) is 2. The van der Waals surface area contributed by atoms with Gasteiger partial charge in [-0.15, -0.1) is 5.10 Å². The maximum Gasteiger partial charge on any atom is 0.433 e. The molecule has 32 heavy (non-hydrogen) atoms. The van der Waals surface area contributed by atoms with E-state index in [1.54, 1.807) is 24.3 Å². The van der Waals surface area contributed by atoms with Gasteiger partial charge in [-0.2, -0.15) is 13.2 Å². The number of aliphatic carboxylic acids is 1. The maximum atomic E-state index is 13.5. The predicted octanol–water partition coefficient (Wildman–Crippen LogP) is 1.24. The topological polar surface area (TPSA) is 145 Å². The van der Waals surface area contributed by atoms with E-state index in [2.05, 4.69) is 5.10 Å². The summed E-state index contributed by atoms with van der Waals surface area (Å²) in [6.45, 7) is 2.01. The highest BCUT2D eigenvalue weighted by Crippen LogP contribution is 2.36. The van der Waals surface area contributed by atoms with Crippen LogP contribution in [0.3, 0.4) is 0 Å². The number of hydrogen-bond acceptors (Lipinski definition) is 7. The number of aryl methyl sites for hydroxylation is 1. The zero-order chi connectivity index (χ0) is 23.6. The first-order valence-corrected chi connectivity index (χ1v) is 9.84. The Morgan fingerprint density at radius 2 is 1.75 bits per heavy atom. The number of benzene rings is 1. The first-order valence-electron chi connectivity index (χ1n) is 9.84. The lowest BCUT2D eigenvalue weighted by molar-refractivity contribution is -0.271. The van der Waals surface area contributed by atoms with Crippen LogP contribution in [0.5, 0.6) is 5.88 Å². The molecular weight excluding hydrogens is 437 g/mol. The van der Waals surface area contributed by atoms with Crippen LogP contribution in [0.1, 0.15) is 35.7 Å². The van der Waals surface area contributed by atoms with Gasteiger partial charge in [0.05, 0.1) is 5.56 Å². The number of aliphatic hydroxyl groups excluding tert-OH is 3. The standard InChI is InChI=1S/C20H23F3N2O7/c1-2-3-9-4-6-10(7-5-9)8-11-16(20(21,22)23)24-25-17(11)32-19-14(28)12(26)13(27)15(31-19)18(29)30/h4-7,12-15,19,26-28H,2-3,8H2,1H3,(H,24,25)(H,29,30)/t12-,13-,14+,15-,19?/m0/s1. The number of alkyl halides is 3. The number of halogens is 3. The lowest BCUT2D eigenvalue weighted by Gasteiger charge is -2.38. The molecule has 9 nitrogen and oxygen atoms in total. The Balaban J connectivity index is 1.89. The molecule has 12 heteroatoms. The molecule has 5 atom stereocenters. The van der Waals surface area contributed by atoms with E-state index in [1.165, 1.54) is 0 Å². The number of aromatic nitrogens is 2. The fraction of sp³-hybridized carbons (Fsp3) is 0.500. The van der Waals surface area contributed by atoms with Crippen molar-refractivity contribution in [1.82, 2.24) is 10.2 Å². The average Bonchev–Trinajstić information content (AvgIpc) is 3.12. The summed E-state index contributed by atoms with van der Waals surface area (Å²) in [4.78, 5) is 11.2. The second kappa shape index (κ2) is 9.45. The Morgan fingerprint density at radius 1 is 1.12 bits per heavy atom. The number of rotatable bonds is 7. The third kappa shape index (κ3) is 5.04. The number of carbonyl (C=O) groups is 1. The van der Waals surface area contributed by atoms with Crippen LogP contribution in [-0.2, 0) is 28.5 Å². The third-order valence-corrected chi connectivity index (χ3v) is 5.10.